The summed E-state index contributed by atoms with van der Waals surface area (Å²) in [5, 5.41) is 5.81. The number of thiophene rings is 1. The molecule has 13 heavy (non-hydrogen) atoms. The first-order valence-electron chi connectivity index (χ1n) is 4.96. The van der Waals surface area contributed by atoms with Crippen LogP contribution in [0.5, 0.6) is 0 Å². The van der Waals surface area contributed by atoms with Crippen molar-refractivity contribution >= 4 is 22.8 Å². The average Bonchev–Trinajstić information content (AvgIpc) is 2.53. The predicted octanol–water partition coefficient (Wildman–Crippen LogP) is 1.58. The standard InChI is InChI=1S/C10H14BNS/c1-9-6-11(7-10(9,2)12-9)8-4-3-5-13-8/h3-5,12H,6-7H2,1-2H3. The summed E-state index contributed by atoms with van der Waals surface area (Å²) in [7, 11) is 0. The molecule has 0 amide bonds. The maximum Gasteiger partial charge on any atom is 0.192 e. The molecular weight excluding hydrogens is 177 g/mol. The SMILES string of the molecule is CC12CB(c3cccs3)CC1(C)N2. The summed E-state index contributed by atoms with van der Waals surface area (Å²) in [5.74, 6) is 0. The molecule has 1 N–H and O–H groups in total. The van der Waals surface area contributed by atoms with Crippen molar-refractivity contribution in [1.82, 2.24) is 5.32 Å². The molecular formula is C10H14BNS. The lowest BCUT2D eigenvalue weighted by Gasteiger charge is -2.07. The van der Waals surface area contributed by atoms with Gasteiger partial charge >= 0.3 is 0 Å². The Morgan fingerprint density at radius 3 is 2.62 bits per heavy atom. The summed E-state index contributed by atoms with van der Waals surface area (Å²) < 4.78 is 1.58. The minimum absolute atomic E-state index is 0.446. The molecule has 2 aliphatic rings. The van der Waals surface area contributed by atoms with E-state index in [1.54, 1.807) is 4.78 Å². The highest BCUT2D eigenvalue weighted by Crippen LogP contribution is 2.52. The fraction of sp³-hybridized carbons (Fsp3) is 0.600. The van der Waals surface area contributed by atoms with E-state index in [1.165, 1.54) is 12.6 Å². The van der Waals surface area contributed by atoms with Crippen LogP contribution in [0.1, 0.15) is 13.8 Å². The fourth-order valence-corrected chi connectivity index (χ4v) is 3.74. The monoisotopic (exact) mass is 191 g/mol. The van der Waals surface area contributed by atoms with Gasteiger partial charge in [0.2, 0.25) is 0 Å². The second kappa shape index (κ2) is 2.21. The van der Waals surface area contributed by atoms with Gasteiger partial charge in [-0.2, -0.15) is 11.3 Å². The lowest BCUT2D eigenvalue weighted by Crippen LogP contribution is -2.30. The van der Waals surface area contributed by atoms with E-state index in [-0.39, 0.29) is 0 Å². The molecule has 2 aliphatic heterocycles. The first kappa shape index (κ1) is 8.07. The largest absolute Gasteiger partial charge is 0.304 e. The number of hydrogen-bond acceptors (Lipinski definition) is 2. The van der Waals surface area contributed by atoms with Crippen LogP contribution in [0.25, 0.3) is 0 Å². The minimum atomic E-state index is 0.446. The van der Waals surface area contributed by atoms with Crippen molar-refractivity contribution in [1.29, 1.82) is 0 Å². The van der Waals surface area contributed by atoms with Crippen LogP contribution < -0.4 is 10.1 Å². The van der Waals surface area contributed by atoms with E-state index in [2.05, 4.69) is 36.7 Å². The minimum Gasteiger partial charge on any atom is -0.304 e. The Hall–Kier alpha value is -0.275. The van der Waals surface area contributed by atoms with Crippen LogP contribution >= 0.6 is 11.3 Å². The zero-order valence-electron chi connectivity index (χ0n) is 8.13. The summed E-state index contributed by atoms with van der Waals surface area (Å²) in [5.41, 5.74) is 0.892. The van der Waals surface area contributed by atoms with Crippen molar-refractivity contribution in [2.75, 3.05) is 0 Å². The van der Waals surface area contributed by atoms with Crippen molar-refractivity contribution in [3.63, 3.8) is 0 Å². The number of hydrogen-bond donors (Lipinski definition) is 1. The van der Waals surface area contributed by atoms with Gasteiger partial charge in [-0.3, -0.25) is 0 Å². The highest BCUT2D eigenvalue weighted by atomic mass is 32.1. The molecule has 2 saturated heterocycles. The molecule has 0 saturated carbocycles. The Morgan fingerprint density at radius 1 is 1.38 bits per heavy atom. The summed E-state index contributed by atoms with van der Waals surface area (Å²) in [6.45, 7) is 5.54. The van der Waals surface area contributed by atoms with Crippen LogP contribution in [0.15, 0.2) is 17.5 Å². The molecule has 1 aromatic heterocycles. The highest BCUT2D eigenvalue weighted by molar-refractivity contribution is 7.22. The van der Waals surface area contributed by atoms with Crippen molar-refractivity contribution < 1.29 is 0 Å². The molecule has 1 aromatic rings. The Labute approximate surface area is 83.6 Å². The Balaban J connectivity index is 1.86. The number of nitrogens with one attached hydrogen (secondary N) is 1. The third-order valence-corrected chi connectivity index (χ3v) is 5.00. The summed E-state index contributed by atoms with van der Waals surface area (Å²) in [6.07, 6.45) is 2.65. The van der Waals surface area contributed by atoms with Gasteiger partial charge in [-0.05, 0) is 36.6 Å². The average molecular weight is 191 g/mol. The van der Waals surface area contributed by atoms with Crippen LogP contribution in [0.2, 0.25) is 12.6 Å². The Kier molecular flexibility index (Phi) is 1.37. The maximum absolute atomic E-state index is 3.62. The van der Waals surface area contributed by atoms with Crippen LogP contribution in [-0.4, -0.2) is 17.8 Å². The molecule has 3 heteroatoms. The highest BCUT2D eigenvalue weighted by Gasteiger charge is 2.66. The molecule has 0 spiro atoms. The van der Waals surface area contributed by atoms with E-state index < -0.39 is 0 Å². The van der Waals surface area contributed by atoms with E-state index in [0.717, 1.165) is 6.71 Å². The van der Waals surface area contributed by atoms with Crippen LogP contribution in [0.3, 0.4) is 0 Å². The molecule has 0 aliphatic carbocycles. The second-order valence-electron chi connectivity index (χ2n) is 4.91. The first-order valence-corrected chi connectivity index (χ1v) is 5.84. The maximum atomic E-state index is 3.62. The Morgan fingerprint density at radius 2 is 2.08 bits per heavy atom. The van der Waals surface area contributed by atoms with Crippen molar-refractivity contribution in [2.24, 2.45) is 0 Å². The molecule has 0 aromatic carbocycles. The molecule has 0 radical (unpaired) electrons. The molecule has 2 atom stereocenters. The molecule has 68 valence electrons. The number of rotatable bonds is 1. The third-order valence-electron chi connectivity index (χ3n) is 3.96. The van der Waals surface area contributed by atoms with Gasteiger partial charge in [0.15, 0.2) is 6.71 Å². The van der Waals surface area contributed by atoms with E-state index in [0.29, 0.717) is 11.1 Å². The van der Waals surface area contributed by atoms with Gasteiger partial charge in [0, 0.05) is 11.1 Å². The third kappa shape index (κ3) is 0.975. The molecule has 1 nitrogen and oxygen atoms in total. The topological polar surface area (TPSA) is 21.9 Å². The lowest BCUT2D eigenvalue weighted by molar-refractivity contribution is 0.685. The molecule has 3 rings (SSSR count). The van der Waals surface area contributed by atoms with Crippen molar-refractivity contribution in [3.05, 3.63) is 17.5 Å². The zero-order chi connectivity index (χ0) is 9.10. The predicted molar refractivity (Wildman–Crippen MR) is 59.3 cm³/mol. The van der Waals surface area contributed by atoms with Crippen molar-refractivity contribution in [3.8, 4) is 0 Å². The smallest absolute Gasteiger partial charge is 0.192 e. The van der Waals surface area contributed by atoms with Crippen LogP contribution in [0, 0.1) is 0 Å². The second-order valence-corrected chi connectivity index (χ2v) is 5.89. The quantitative estimate of drug-likeness (QED) is 0.528. The van der Waals surface area contributed by atoms with Gasteiger partial charge in [-0.1, -0.05) is 12.1 Å². The molecule has 2 fully saturated rings. The summed E-state index contributed by atoms with van der Waals surface area (Å²) in [6, 6.07) is 4.45. The van der Waals surface area contributed by atoms with Gasteiger partial charge in [-0.25, -0.2) is 0 Å². The van der Waals surface area contributed by atoms with E-state index in [4.69, 9.17) is 0 Å². The van der Waals surface area contributed by atoms with E-state index in [1.807, 2.05) is 11.3 Å². The normalized spacial score (nSPS) is 42.2. The Bertz CT molecular complexity index is 321. The van der Waals surface area contributed by atoms with Gasteiger partial charge < -0.3 is 5.32 Å². The van der Waals surface area contributed by atoms with Crippen LogP contribution in [0.4, 0.5) is 0 Å². The number of fused-ring (bicyclic) bond motifs is 1. The van der Waals surface area contributed by atoms with Crippen LogP contribution in [-0.2, 0) is 0 Å². The van der Waals surface area contributed by atoms with Gasteiger partial charge in [0.1, 0.15) is 0 Å². The lowest BCUT2D eigenvalue weighted by atomic mass is 9.45. The van der Waals surface area contributed by atoms with E-state index in [9.17, 15) is 0 Å². The van der Waals surface area contributed by atoms with Gasteiger partial charge in [0.25, 0.3) is 0 Å². The summed E-state index contributed by atoms with van der Waals surface area (Å²) in [4.78, 5) is 0. The molecule has 2 unspecified atom stereocenters. The van der Waals surface area contributed by atoms with Gasteiger partial charge in [0.05, 0.1) is 0 Å². The van der Waals surface area contributed by atoms with Crippen molar-refractivity contribution in [2.45, 2.75) is 37.6 Å². The van der Waals surface area contributed by atoms with E-state index >= 15 is 0 Å². The zero-order valence-corrected chi connectivity index (χ0v) is 8.95. The first-order chi connectivity index (χ1) is 6.13. The molecule has 0 bridgehead atoms. The van der Waals surface area contributed by atoms with Gasteiger partial charge in [-0.15, -0.1) is 0 Å². The molecule has 3 heterocycles. The summed E-state index contributed by atoms with van der Waals surface area (Å²) >= 11 is 1.91. The fourth-order valence-electron chi connectivity index (χ4n) is 2.91.